The molecule has 0 bridgehead atoms. The van der Waals surface area contributed by atoms with Gasteiger partial charge in [-0.3, -0.25) is 14.8 Å². The molecule has 11 heteroatoms. The van der Waals surface area contributed by atoms with Crippen LogP contribution in [0.15, 0.2) is 11.6 Å². The molecule has 4 saturated heterocycles. The van der Waals surface area contributed by atoms with E-state index in [9.17, 15) is 25.2 Å². The molecule has 13 rings (SSSR count). The fourth-order valence-corrected chi connectivity index (χ4v) is 19.6. The van der Waals surface area contributed by atoms with Crippen LogP contribution in [0, 0.1) is 80.8 Å². The van der Waals surface area contributed by atoms with E-state index < -0.39 is 52.4 Å². The van der Waals surface area contributed by atoms with Gasteiger partial charge in [-0.15, -0.1) is 0 Å². The highest BCUT2D eigenvalue weighted by atomic mass is 16.7. The quantitative estimate of drug-likeness (QED) is 0.208. The number of aliphatic hydroxyl groups is 4. The van der Waals surface area contributed by atoms with Gasteiger partial charge in [-0.05, 0) is 138 Å². The van der Waals surface area contributed by atoms with E-state index in [1.807, 2.05) is 19.9 Å². The van der Waals surface area contributed by atoms with Crippen molar-refractivity contribution in [3.05, 3.63) is 34.4 Å². The van der Waals surface area contributed by atoms with E-state index in [0.717, 1.165) is 86.1 Å². The number of hydrogen-bond donors (Lipinski definition) is 4. The van der Waals surface area contributed by atoms with Gasteiger partial charge in [-0.1, -0.05) is 53.2 Å². The van der Waals surface area contributed by atoms with Crippen molar-refractivity contribution >= 4 is 5.78 Å². The molecular weight excluding hydrogens is 821 g/mol. The van der Waals surface area contributed by atoms with E-state index in [4.69, 9.17) is 28.9 Å². The van der Waals surface area contributed by atoms with Gasteiger partial charge in [0.25, 0.3) is 0 Å². The Morgan fingerprint density at radius 1 is 0.723 bits per heavy atom. The van der Waals surface area contributed by atoms with Crippen LogP contribution in [0.2, 0.25) is 0 Å². The Balaban J connectivity index is 0.768. The SMILES string of the molecule is CC1C2C(CC3C4CCC5Cc6nc7c(nc6CC5(C)C4CC(=O)C32C)CC2CC(O)C3C4=CC5OC6(CCC(C)(O)CO6)C(C)C5(O)C4(C)C(O)CC3C2(C)C7)OC12CCC(C)(C)O2. The Hall–Kier alpha value is -1.83. The van der Waals surface area contributed by atoms with E-state index in [1.54, 1.807) is 6.92 Å². The van der Waals surface area contributed by atoms with E-state index >= 15 is 0 Å². The summed E-state index contributed by atoms with van der Waals surface area (Å²) in [6.07, 6.45) is 11.1. The van der Waals surface area contributed by atoms with Crippen LogP contribution in [0.3, 0.4) is 0 Å². The Labute approximate surface area is 385 Å². The summed E-state index contributed by atoms with van der Waals surface area (Å²) in [6, 6.07) is 0. The van der Waals surface area contributed by atoms with Crippen LogP contribution >= 0.6 is 0 Å². The lowest BCUT2D eigenvalue weighted by Gasteiger charge is -2.62. The number of carbonyl (C=O) groups is 1. The largest absolute Gasteiger partial charge is 0.392 e. The minimum Gasteiger partial charge on any atom is -0.392 e. The van der Waals surface area contributed by atoms with Gasteiger partial charge in [0.2, 0.25) is 0 Å². The molecule has 9 fully saturated rings. The third-order valence-electron chi connectivity index (χ3n) is 23.4. The molecule has 1 aromatic rings. The lowest BCUT2D eigenvalue weighted by Crippen LogP contribution is -2.66. The highest BCUT2D eigenvalue weighted by Gasteiger charge is 2.78. The maximum Gasteiger partial charge on any atom is 0.174 e. The van der Waals surface area contributed by atoms with E-state index in [0.29, 0.717) is 61.6 Å². The summed E-state index contributed by atoms with van der Waals surface area (Å²) in [7, 11) is 0. The van der Waals surface area contributed by atoms with Crippen molar-refractivity contribution < 1.29 is 44.2 Å². The maximum absolute atomic E-state index is 14.9. The Bertz CT molecular complexity index is 2290. The number of ether oxygens (including phenoxy) is 4. The first-order chi connectivity index (χ1) is 30.4. The minimum absolute atomic E-state index is 0.0102. The molecule has 4 N–H and O–H groups in total. The van der Waals surface area contributed by atoms with Crippen LogP contribution in [0.25, 0.3) is 0 Å². The number of nitrogens with zero attached hydrogens (tertiary/aromatic N) is 2. The number of aliphatic hydroxyl groups excluding tert-OH is 2. The fourth-order valence-electron chi connectivity index (χ4n) is 19.6. The number of carbonyl (C=O) groups excluding carboxylic acids is 1. The average Bonchev–Trinajstić information content (AvgIpc) is 3.94. The third-order valence-corrected chi connectivity index (χ3v) is 23.4. The molecular formula is C54H76N2O9. The molecule has 1 aromatic heterocycles. The monoisotopic (exact) mass is 897 g/mol. The molecule has 5 saturated carbocycles. The molecule has 8 aliphatic carbocycles. The van der Waals surface area contributed by atoms with Crippen LogP contribution in [0.5, 0.6) is 0 Å². The number of Topliss-reactive ketones (excluding diaryl/α,β-unsaturated/α-hetero) is 1. The van der Waals surface area contributed by atoms with Gasteiger partial charge in [0.1, 0.15) is 17.5 Å². The molecule has 22 atom stereocenters. The molecule has 12 aliphatic rings. The van der Waals surface area contributed by atoms with Crippen LogP contribution < -0.4 is 0 Å². The first kappa shape index (κ1) is 43.2. The number of ketones is 1. The van der Waals surface area contributed by atoms with Gasteiger partial charge < -0.3 is 39.4 Å². The highest BCUT2D eigenvalue weighted by molar-refractivity contribution is 5.87. The van der Waals surface area contributed by atoms with Crippen LogP contribution in [0.1, 0.15) is 149 Å². The second-order valence-electron chi connectivity index (χ2n) is 26.6. The van der Waals surface area contributed by atoms with Gasteiger partial charge >= 0.3 is 0 Å². The molecule has 11 nitrogen and oxygen atoms in total. The van der Waals surface area contributed by atoms with Gasteiger partial charge in [0.05, 0.1) is 58.9 Å². The first-order valence-electron chi connectivity index (χ1n) is 26.1. The van der Waals surface area contributed by atoms with Gasteiger partial charge in [0, 0.05) is 53.8 Å². The molecule has 65 heavy (non-hydrogen) atoms. The highest BCUT2D eigenvalue weighted by Crippen LogP contribution is 2.73. The smallest absolute Gasteiger partial charge is 0.174 e. The van der Waals surface area contributed by atoms with Crippen molar-refractivity contribution in [2.24, 2.45) is 80.8 Å². The Morgan fingerprint density at radius 2 is 1.40 bits per heavy atom. The van der Waals surface area contributed by atoms with Crippen molar-refractivity contribution in [1.29, 1.82) is 0 Å². The molecule has 0 aromatic carbocycles. The normalized spacial score (nSPS) is 58.7. The summed E-state index contributed by atoms with van der Waals surface area (Å²) in [5.41, 5.74) is 1.13. The maximum atomic E-state index is 14.9. The van der Waals surface area contributed by atoms with E-state index in [-0.39, 0.29) is 64.1 Å². The topological polar surface area (TPSA) is 161 Å². The summed E-state index contributed by atoms with van der Waals surface area (Å²) in [6.45, 7) is 19.7. The summed E-state index contributed by atoms with van der Waals surface area (Å²) < 4.78 is 26.7. The van der Waals surface area contributed by atoms with Crippen molar-refractivity contribution in [1.82, 2.24) is 9.97 Å². The summed E-state index contributed by atoms with van der Waals surface area (Å²) in [4.78, 5) is 26.0. The van der Waals surface area contributed by atoms with Crippen molar-refractivity contribution in [3.63, 3.8) is 0 Å². The molecule has 356 valence electrons. The molecule has 2 spiro atoms. The predicted octanol–water partition coefficient (Wildman–Crippen LogP) is 6.61. The molecule has 5 heterocycles. The van der Waals surface area contributed by atoms with Crippen LogP contribution in [-0.2, 0) is 49.4 Å². The number of aromatic nitrogens is 2. The van der Waals surface area contributed by atoms with E-state index in [1.165, 1.54) is 0 Å². The lowest BCUT2D eigenvalue weighted by atomic mass is 9.43. The number of hydrogen-bond acceptors (Lipinski definition) is 11. The minimum atomic E-state index is -1.43. The molecule has 0 radical (unpaired) electrons. The van der Waals surface area contributed by atoms with E-state index in [2.05, 4.69) is 41.5 Å². The van der Waals surface area contributed by atoms with Crippen molar-refractivity contribution in [2.75, 3.05) is 6.61 Å². The standard InChI is InChI=1S/C54H76N2O9/c1-26-45-40(63-52(26)14-12-46(3,4)65-52)19-32-30-11-10-28-16-35-37(23-48(28,6)31(30)20-41(58)50(32,45)8)56-36-17-29-18-39(57)44-33(49(29,7)24-38(36)55-35)21-42(59)51(9)34(44)22-43-54(51,61)27(2)53(64-43)15-13-47(5,60)25-62-53/h22,26-33,39-40,42-45,57,59-61H,10-21,23-25H2,1-9H3. The zero-order valence-electron chi connectivity index (χ0n) is 40.5. The average molecular weight is 897 g/mol. The summed E-state index contributed by atoms with van der Waals surface area (Å²) in [5, 5.41) is 48.4. The second kappa shape index (κ2) is 12.9. The zero-order valence-corrected chi connectivity index (χ0v) is 40.5. The first-order valence-corrected chi connectivity index (χ1v) is 26.1. The Kier molecular flexibility index (Phi) is 8.59. The van der Waals surface area contributed by atoms with Crippen LogP contribution in [-0.4, -0.2) is 95.6 Å². The lowest BCUT2D eigenvalue weighted by molar-refractivity contribution is -0.289. The fraction of sp³-hybridized carbons (Fsp3) is 0.870. The van der Waals surface area contributed by atoms with Gasteiger partial charge in [-0.2, -0.15) is 0 Å². The van der Waals surface area contributed by atoms with Crippen LogP contribution in [0.4, 0.5) is 0 Å². The summed E-state index contributed by atoms with van der Waals surface area (Å²) >= 11 is 0. The Morgan fingerprint density at radius 3 is 2.06 bits per heavy atom. The molecule has 0 amide bonds. The zero-order chi connectivity index (χ0) is 45.6. The van der Waals surface area contributed by atoms with Gasteiger partial charge in [0.15, 0.2) is 11.6 Å². The second-order valence-corrected chi connectivity index (χ2v) is 26.6. The number of rotatable bonds is 0. The summed E-state index contributed by atoms with van der Waals surface area (Å²) in [5.74, 6) is 0.346. The molecule has 4 aliphatic heterocycles. The molecule has 22 unspecified atom stereocenters. The predicted molar refractivity (Wildman–Crippen MR) is 239 cm³/mol. The number of fused-ring (bicyclic) bond motifs is 16. The van der Waals surface area contributed by atoms with Crippen molar-refractivity contribution in [2.45, 2.75) is 205 Å². The van der Waals surface area contributed by atoms with Crippen molar-refractivity contribution in [3.8, 4) is 0 Å². The van der Waals surface area contributed by atoms with Gasteiger partial charge in [-0.25, -0.2) is 0 Å². The third kappa shape index (κ3) is 5.14.